The molecule has 1 aliphatic carbocycles. The smallest absolute Gasteiger partial charge is 0.255 e. The summed E-state index contributed by atoms with van der Waals surface area (Å²) in [7, 11) is -1.74. The van der Waals surface area contributed by atoms with E-state index in [0.717, 1.165) is 38.0 Å². The molecule has 2 fully saturated rings. The van der Waals surface area contributed by atoms with E-state index >= 15 is 0 Å². The molecule has 8 nitrogen and oxygen atoms in total. The average Bonchev–Trinajstić information content (AvgIpc) is 3.56. The van der Waals surface area contributed by atoms with Gasteiger partial charge in [-0.1, -0.05) is 19.1 Å². The van der Waals surface area contributed by atoms with Gasteiger partial charge in [-0.15, -0.1) is 0 Å². The van der Waals surface area contributed by atoms with Crippen molar-refractivity contribution in [2.24, 2.45) is 11.8 Å². The van der Waals surface area contributed by atoms with E-state index in [4.69, 9.17) is 0 Å². The molecule has 2 saturated heterocycles. The minimum Gasteiger partial charge on any atom is -0.341 e. The summed E-state index contributed by atoms with van der Waals surface area (Å²) in [5.41, 5.74) is 1.13. The largest absolute Gasteiger partial charge is 0.341 e. The molecule has 0 bridgehead atoms. The predicted octanol–water partition coefficient (Wildman–Crippen LogP) is 2.27. The van der Waals surface area contributed by atoms with Crippen LogP contribution in [0.1, 0.15) is 36.5 Å². The molecule has 176 valence electrons. The summed E-state index contributed by atoms with van der Waals surface area (Å²) in [4.78, 5) is 19.3. The van der Waals surface area contributed by atoms with Gasteiger partial charge in [0.2, 0.25) is 10.0 Å². The maximum Gasteiger partial charge on any atom is 0.255 e. The van der Waals surface area contributed by atoms with Crippen LogP contribution in [0.5, 0.6) is 0 Å². The minimum atomic E-state index is -3.53. The van der Waals surface area contributed by atoms with Gasteiger partial charge in [-0.25, -0.2) is 13.4 Å². The second-order valence-corrected chi connectivity index (χ2v) is 11.4. The average molecular weight is 470 g/mol. The van der Waals surface area contributed by atoms with Crippen LogP contribution in [0.2, 0.25) is 0 Å². The van der Waals surface area contributed by atoms with Gasteiger partial charge in [0.25, 0.3) is 5.91 Å². The summed E-state index contributed by atoms with van der Waals surface area (Å²) in [6, 6.07) is 3.62. The zero-order chi connectivity index (χ0) is 23.2. The number of pyridine rings is 1. The van der Waals surface area contributed by atoms with E-state index in [-0.39, 0.29) is 23.3 Å². The first kappa shape index (κ1) is 22.3. The zero-order valence-corrected chi connectivity index (χ0v) is 20.0. The Hall–Kier alpha value is -2.49. The lowest BCUT2D eigenvalue weighted by atomic mass is 9.89. The summed E-state index contributed by atoms with van der Waals surface area (Å²) in [6.45, 7) is 4.73. The molecule has 3 atom stereocenters. The minimum absolute atomic E-state index is 0.00594. The van der Waals surface area contributed by atoms with Crippen molar-refractivity contribution in [2.45, 2.75) is 31.7 Å². The number of nitrogens with zero attached hydrogens (tertiary/aromatic N) is 4. The lowest BCUT2D eigenvalue weighted by Crippen LogP contribution is -2.49. The summed E-state index contributed by atoms with van der Waals surface area (Å²) in [6.07, 6.45) is 13.6. The van der Waals surface area contributed by atoms with Gasteiger partial charge < -0.3 is 14.6 Å². The molecule has 0 saturated carbocycles. The quantitative estimate of drug-likeness (QED) is 0.726. The lowest BCUT2D eigenvalue weighted by molar-refractivity contribution is 0.0774. The monoisotopic (exact) mass is 469 g/mol. The number of rotatable bonds is 5. The van der Waals surface area contributed by atoms with Crippen molar-refractivity contribution in [2.75, 3.05) is 33.2 Å². The Morgan fingerprint density at radius 1 is 1.33 bits per heavy atom. The Kier molecular flexibility index (Phi) is 5.66. The molecule has 9 heteroatoms. The summed E-state index contributed by atoms with van der Waals surface area (Å²) in [5.74, 6) is -0.0108. The van der Waals surface area contributed by atoms with Crippen LogP contribution in [0.4, 0.5) is 0 Å². The van der Waals surface area contributed by atoms with Gasteiger partial charge in [0, 0.05) is 56.7 Å². The van der Waals surface area contributed by atoms with Crippen molar-refractivity contribution < 1.29 is 13.2 Å². The van der Waals surface area contributed by atoms with E-state index in [1.165, 1.54) is 0 Å². The van der Waals surface area contributed by atoms with Crippen molar-refractivity contribution in [3.8, 4) is 0 Å². The van der Waals surface area contributed by atoms with Gasteiger partial charge >= 0.3 is 0 Å². The van der Waals surface area contributed by atoms with Gasteiger partial charge in [0.1, 0.15) is 5.65 Å². The summed E-state index contributed by atoms with van der Waals surface area (Å²) in [5, 5.41) is 3.34. The molecule has 1 amide bonds. The van der Waals surface area contributed by atoms with Gasteiger partial charge in [0.05, 0.1) is 10.5 Å². The third-order valence-corrected chi connectivity index (χ3v) is 9.44. The number of amides is 1. The first-order chi connectivity index (χ1) is 15.8. The highest BCUT2D eigenvalue weighted by molar-refractivity contribution is 7.93. The molecular formula is C24H31N5O3S. The van der Waals surface area contributed by atoms with E-state index in [9.17, 15) is 13.2 Å². The van der Waals surface area contributed by atoms with E-state index in [2.05, 4.69) is 10.3 Å². The molecule has 1 N–H and O–H groups in total. The van der Waals surface area contributed by atoms with E-state index < -0.39 is 10.0 Å². The fraction of sp³-hybridized carbons (Fsp3) is 0.500. The van der Waals surface area contributed by atoms with Crippen LogP contribution < -0.4 is 5.32 Å². The van der Waals surface area contributed by atoms with Crippen LogP contribution in [0.25, 0.3) is 5.65 Å². The number of hydrogen-bond acceptors (Lipinski definition) is 5. The highest BCUT2D eigenvalue weighted by atomic mass is 32.2. The SMILES string of the molecule is CC1C=C(S(=O)(=O)N2CCCC23CCNC3)C=CC1CN(C)C(=O)c1ccc2nccn2c1. The first-order valence-corrected chi connectivity index (χ1v) is 13.1. The molecule has 33 heavy (non-hydrogen) atoms. The van der Waals surface area contributed by atoms with E-state index in [0.29, 0.717) is 23.6 Å². The second kappa shape index (κ2) is 8.38. The number of imidazole rings is 1. The Bertz CT molecular complexity index is 1220. The van der Waals surface area contributed by atoms with Crippen LogP contribution in [0, 0.1) is 11.8 Å². The fourth-order valence-corrected chi connectivity index (χ4v) is 7.49. The van der Waals surface area contributed by atoms with Crippen molar-refractivity contribution in [3.63, 3.8) is 0 Å². The Balaban J connectivity index is 1.28. The maximum absolute atomic E-state index is 13.5. The lowest BCUT2D eigenvalue weighted by Gasteiger charge is -2.35. The van der Waals surface area contributed by atoms with Crippen LogP contribution >= 0.6 is 0 Å². The van der Waals surface area contributed by atoms with Gasteiger partial charge in [-0.2, -0.15) is 4.31 Å². The standard InChI is InChI=1S/C24H31N5O3S/c1-18-14-21(33(31,32)29-12-3-8-24(29)9-10-25-17-24)6-4-19(18)15-27(2)23(30)20-5-7-22-26-11-13-28(22)16-20/h4-7,11,13-14,16,18-19,25H,3,8-10,12,15,17H2,1-2H3. The van der Waals surface area contributed by atoms with E-state index in [1.807, 2.05) is 35.7 Å². The molecule has 3 aliphatic rings. The van der Waals surface area contributed by atoms with E-state index in [1.54, 1.807) is 40.8 Å². The number of nitrogens with one attached hydrogen (secondary N) is 1. The number of carbonyl (C=O) groups excluding carboxylic acids is 1. The van der Waals surface area contributed by atoms with Crippen molar-refractivity contribution in [1.29, 1.82) is 0 Å². The topological polar surface area (TPSA) is 87.0 Å². The fourth-order valence-electron chi connectivity index (χ4n) is 5.47. The Morgan fingerprint density at radius 2 is 2.18 bits per heavy atom. The van der Waals surface area contributed by atoms with Crippen molar-refractivity contribution in [1.82, 2.24) is 23.9 Å². The van der Waals surface area contributed by atoms with Gasteiger partial charge in [-0.05, 0) is 49.9 Å². The number of carbonyl (C=O) groups is 1. The molecule has 1 spiro atoms. The Morgan fingerprint density at radius 3 is 2.94 bits per heavy atom. The molecule has 5 rings (SSSR count). The maximum atomic E-state index is 13.5. The van der Waals surface area contributed by atoms with Crippen molar-refractivity contribution in [3.05, 3.63) is 59.4 Å². The second-order valence-electron chi connectivity index (χ2n) is 9.58. The van der Waals surface area contributed by atoms with Crippen LogP contribution in [0.15, 0.2) is 53.9 Å². The van der Waals surface area contributed by atoms with Gasteiger partial charge in [-0.3, -0.25) is 4.79 Å². The van der Waals surface area contributed by atoms with Crippen LogP contribution in [-0.4, -0.2) is 71.7 Å². The Labute approximate surface area is 195 Å². The number of fused-ring (bicyclic) bond motifs is 1. The first-order valence-electron chi connectivity index (χ1n) is 11.6. The molecule has 2 aliphatic heterocycles. The van der Waals surface area contributed by atoms with Crippen molar-refractivity contribution >= 4 is 21.6 Å². The molecule has 4 heterocycles. The summed E-state index contributed by atoms with van der Waals surface area (Å²) >= 11 is 0. The zero-order valence-electron chi connectivity index (χ0n) is 19.1. The van der Waals surface area contributed by atoms with Gasteiger partial charge in [0.15, 0.2) is 0 Å². The highest BCUT2D eigenvalue weighted by Crippen LogP contribution is 2.40. The number of aromatic nitrogens is 2. The molecule has 2 aromatic rings. The highest BCUT2D eigenvalue weighted by Gasteiger charge is 2.49. The number of sulfonamides is 1. The molecule has 3 unspecified atom stereocenters. The normalized spacial score (nSPS) is 28.0. The molecule has 0 aromatic carbocycles. The molecule has 2 aromatic heterocycles. The summed E-state index contributed by atoms with van der Waals surface area (Å²) < 4.78 is 30.6. The number of allylic oxidation sites excluding steroid dienone is 2. The molecule has 0 radical (unpaired) electrons. The number of hydrogen-bond donors (Lipinski definition) is 1. The predicted molar refractivity (Wildman–Crippen MR) is 127 cm³/mol. The molecular weight excluding hydrogens is 438 g/mol. The van der Waals surface area contributed by atoms with Crippen LogP contribution in [-0.2, 0) is 10.0 Å². The third kappa shape index (κ3) is 3.92. The third-order valence-electron chi connectivity index (χ3n) is 7.42. The van der Waals surface area contributed by atoms with Crippen LogP contribution in [0.3, 0.4) is 0 Å².